The van der Waals surface area contributed by atoms with Gasteiger partial charge in [-0.1, -0.05) is 36.8 Å². The average molecular weight is 486 g/mol. The van der Waals surface area contributed by atoms with Crippen LogP contribution >= 0.6 is 24.0 Å². The van der Waals surface area contributed by atoms with E-state index in [4.69, 9.17) is 4.74 Å². The molecule has 0 saturated carbocycles. The van der Waals surface area contributed by atoms with E-state index in [1.54, 1.807) is 0 Å². The van der Waals surface area contributed by atoms with E-state index in [-0.39, 0.29) is 24.0 Å². The molecule has 2 atom stereocenters. The van der Waals surface area contributed by atoms with Gasteiger partial charge >= 0.3 is 0 Å². The molecule has 0 spiro atoms. The number of guanidine groups is 1. The van der Waals surface area contributed by atoms with Crippen molar-refractivity contribution in [1.82, 2.24) is 15.1 Å². The first-order valence-corrected chi connectivity index (χ1v) is 9.98. The van der Waals surface area contributed by atoms with E-state index >= 15 is 0 Å². The molecule has 3 rings (SSSR count). The van der Waals surface area contributed by atoms with Gasteiger partial charge in [-0.05, 0) is 30.7 Å². The normalized spacial score (nSPS) is 22.4. The standard InChI is InChI=1S/C21H34N4O.HI/c1-17-4-6-20(7-5-17)18(2)14-23-21(22-3)25-9-8-19(16-25)15-24-10-12-26-13-11-24;/h4-7,18-19H,8-16H2,1-3H3,(H,22,23);1H. The first-order chi connectivity index (χ1) is 12.7. The van der Waals surface area contributed by atoms with Gasteiger partial charge in [0.2, 0.25) is 0 Å². The van der Waals surface area contributed by atoms with Crippen molar-refractivity contribution in [2.75, 3.05) is 59.5 Å². The van der Waals surface area contributed by atoms with E-state index in [2.05, 4.69) is 58.2 Å². The zero-order chi connectivity index (χ0) is 18.4. The van der Waals surface area contributed by atoms with Crippen LogP contribution in [0.25, 0.3) is 0 Å². The summed E-state index contributed by atoms with van der Waals surface area (Å²) in [6.45, 7) is 12.7. The maximum absolute atomic E-state index is 5.46. The first-order valence-electron chi connectivity index (χ1n) is 9.98. The number of halogens is 1. The maximum Gasteiger partial charge on any atom is 0.193 e. The average Bonchev–Trinajstić information content (AvgIpc) is 3.12. The second kappa shape index (κ2) is 11.2. The van der Waals surface area contributed by atoms with E-state index < -0.39 is 0 Å². The number of nitrogens with one attached hydrogen (secondary N) is 1. The van der Waals surface area contributed by atoms with Gasteiger partial charge in [0.05, 0.1) is 13.2 Å². The summed E-state index contributed by atoms with van der Waals surface area (Å²) >= 11 is 0. The van der Waals surface area contributed by atoms with Gasteiger partial charge in [-0.3, -0.25) is 9.89 Å². The molecule has 2 saturated heterocycles. The van der Waals surface area contributed by atoms with Gasteiger partial charge in [0.25, 0.3) is 0 Å². The minimum Gasteiger partial charge on any atom is -0.379 e. The van der Waals surface area contributed by atoms with Crippen molar-refractivity contribution in [2.45, 2.75) is 26.2 Å². The zero-order valence-corrected chi connectivity index (χ0v) is 19.3. The van der Waals surface area contributed by atoms with Crippen LogP contribution in [0.1, 0.15) is 30.4 Å². The van der Waals surface area contributed by atoms with Crippen molar-refractivity contribution >= 4 is 29.9 Å². The van der Waals surface area contributed by atoms with Crippen molar-refractivity contribution < 1.29 is 4.74 Å². The molecule has 1 aromatic rings. The van der Waals surface area contributed by atoms with E-state index in [1.165, 1.54) is 24.1 Å². The highest BCUT2D eigenvalue weighted by Gasteiger charge is 2.27. The lowest BCUT2D eigenvalue weighted by atomic mass is 10.0. The third kappa shape index (κ3) is 6.61. The molecule has 5 nitrogen and oxygen atoms in total. The lowest BCUT2D eigenvalue weighted by Gasteiger charge is -2.29. The molecule has 0 radical (unpaired) electrons. The fourth-order valence-corrected chi connectivity index (χ4v) is 3.91. The van der Waals surface area contributed by atoms with Crippen LogP contribution in [-0.4, -0.2) is 75.3 Å². The smallest absolute Gasteiger partial charge is 0.193 e. The molecule has 2 fully saturated rings. The molecule has 2 unspecified atom stereocenters. The molecule has 2 aliphatic rings. The molecule has 2 aliphatic heterocycles. The summed E-state index contributed by atoms with van der Waals surface area (Å²) in [5, 5.41) is 3.59. The van der Waals surface area contributed by atoms with Crippen LogP contribution in [0.2, 0.25) is 0 Å². The molecular formula is C21H35IN4O. The van der Waals surface area contributed by atoms with Crippen molar-refractivity contribution in [3.8, 4) is 0 Å². The summed E-state index contributed by atoms with van der Waals surface area (Å²) in [6, 6.07) is 8.85. The number of nitrogens with zero attached hydrogens (tertiary/aromatic N) is 3. The van der Waals surface area contributed by atoms with Gasteiger partial charge in [-0.2, -0.15) is 0 Å². The predicted octanol–water partition coefficient (Wildman–Crippen LogP) is 2.95. The highest BCUT2D eigenvalue weighted by molar-refractivity contribution is 14.0. The Labute approximate surface area is 181 Å². The van der Waals surface area contributed by atoms with Crippen LogP contribution in [0.3, 0.4) is 0 Å². The molecular weight excluding hydrogens is 451 g/mol. The van der Waals surface area contributed by atoms with Gasteiger partial charge < -0.3 is 15.0 Å². The largest absolute Gasteiger partial charge is 0.379 e. The Kier molecular flexibility index (Phi) is 9.32. The molecule has 27 heavy (non-hydrogen) atoms. The van der Waals surface area contributed by atoms with Crippen LogP contribution in [-0.2, 0) is 4.74 Å². The van der Waals surface area contributed by atoms with E-state index in [1.807, 2.05) is 7.05 Å². The predicted molar refractivity (Wildman–Crippen MR) is 123 cm³/mol. The fraction of sp³-hybridized carbons (Fsp3) is 0.667. The van der Waals surface area contributed by atoms with Gasteiger partial charge in [0.15, 0.2) is 5.96 Å². The summed E-state index contributed by atoms with van der Waals surface area (Å²) in [5.74, 6) is 2.26. The summed E-state index contributed by atoms with van der Waals surface area (Å²) in [7, 11) is 1.90. The molecule has 152 valence electrons. The van der Waals surface area contributed by atoms with E-state index in [0.29, 0.717) is 5.92 Å². The third-order valence-corrected chi connectivity index (χ3v) is 5.63. The van der Waals surface area contributed by atoms with E-state index in [0.717, 1.165) is 57.8 Å². The summed E-state index contributed by atoms with van der Waals surface area (Å²) in [4.78, 5) is 9.50. The number of aryl methyl sites for hydroxylation is 1. The summed E-state index contributed by atoms with van der Waals surface area (Å²) in [5.41, 5.74) is 2.69. The van der Waals surface area contributed by atoms with E-state index in [9.17, 15) is 0 Å². The Hall–Kier alpha value is -0.860. The molecule has 0 aromatic heterocycles. The maximum atomic E-state index is 5.46. The van der Waals surface area contributed by atoms with Crippen LogP contribution in [0.4, 0.5) is 0 Å². The minimum absolute atomic E-state index is 0. The summed E-state index contributed by atoms with van der Waals surface area (Å²) < 4.78 is 5.46. The molecule has 2 heterocycles. The van der Waals surface area contributed by atoms with Gasteiger partial charge in [-0.25, -0.2) is 0 Å². The number of likely N-dealkylation sites (tertiary alicyclic amines) is 1. The number of morpholine rings is 1. The van der Waals surface area contributed by atoms with Crippen LogP contribution in [0, 0.1) is 12.8 Å². The monoisotopic (exact) mass is 486 g/mol. The molecule has 6 heteroatoms. The molecule has 0 bridgehead atoms. The van der Waals surface area contributed by atoms with Crippen LogP contribution < -0.4 is 5.32 Å². The van der Waals surface area contributed by atoms with Crippen molar-refractivity contribution in [1.29, 1.82) is 0 Å². The number of rotatable bonds is 5. The molecule has 0 aliphatic carbocycles. The van der Waals surface area contributed by atoms with Gasteiger partial charge in [0.1, 0.15) is 0 Å². The van der Waals surface area contributed by atoms with Crippen LogP contribution in [0.15, 0.2) is 29.3 Å². The van der Waals surface area contributed by atoms with Crippen molar-refractivity contribution in [2.24, 2.45) is 10.9 Å². The third-order valence-electron chi connectivity index (χ3n) is 5.63. The number of ether oxygens (including phenoxy) is 1. The topological polar surface area (TPSA) is 40.1 Å². The second-order valence-corrected chi connectivity index (χ2v) is 7.75. The van der Waals surface area contributed by atoms with Gasteiger partial charge in [-0.15, -0.1) is 24.0 Å². The van der Waals surface area contributed by atoms with Crippen LogP contribution in [0.5, 0.6) is 0 Å². The Balaban J connectivity index is 0.00000261. The number of hydrogen-bond acceptors (Lipinski definition) is 3. The first kappa shape index (κ1) is 22.4. The molecule has 1 aromatic carbocycles. The van der Waals surface area contributed by atoms with Crippen molar-refractivity contribution in [3.63, 3.8) is 0 Å². The highest BCUT2D eigenvalue weighted by atomic mass is 127. The lowest BCUT2D eigenvalue weighted by Crippen LogP contribution is -2.43. The Morgan fingerprint density at radius 3 is 2.59 bits per heavy atom. The quantitative estimate of drug-likeness (QED) is 0.395. The highest BCUT2D eigenvalue weighted by Crippen LogP contribution is 2.19. The Bertz CT molecular complexity index is 586. The molecule has 0 amide bonds. The summed E-state index contributed by atoms with van der Waals surface area (Å²) in [6.07, 6.45) is 1.26. The zero-order valence-electron chi connectivity index (χ0n) is 17.0. The SMILES string of the molecule is CN=C(NCC(C)c1ccc(C)cc1)N1CCC(CN2CCOCC2)C1.I. The fourth-order valence-electron chi connectivity index (χ4n) is 3.91. The Morgan fingerprint density at radius 2 is 1.93 bits per heavy atom. The minimum atomic E-state index is 0. The lowest BCUT2D eigenvalue weighted by molar-refractivity contribution is 0.0315. The number of benzene rings is 1. The second-order valence-electron chi connectivity index (χ2n) is 7.75. The van der Waals surface area contributed by atoms with Crippen molar-refractivity contribution in [3.05, 3.63) is 35.4 Å². The Morgan fingerprint density at radius 1 is 1.22 bits per heavy atom. The number of hydrogen-bond donors (Lipinski definition) is 1. The molecule has 1 N–H and O–H groups in total. The van der Waals surface area contributed by atoms with Gasteiger partial charge in [0, 0.05) is 46.3 Å². The number of aliphatic imine (C=N–C) groups is 1.